The van der Waals surface area contributed by atoms with Gasteiger partial charge < -0.3 is 14.2 Å². The van der Waals surface area contributed by atoms with Crippen molar-refractivity contribution in [1.82, 2.24) is 0 Å². The Morgan fingerprint density at radius 1 is 0.938 bits per heavy atom. The van der Waals surface area contributed by atoms with Crippen LogP contribution in [0.2, 0.25) is 0 Å². The first-order valence-corrected chi connectivity index (χ1v) is 5.80. The van der Waals surface area contributed by atoms with E-state index in [1.807, 2.05) is 0 Å². The van der Waals surface area contributed by atoms with Gasteiger partial charge in [-0.3, -0.25) is 0 Å². The highest BCUT2D eigenvalue weighted by Gasteiger charge is 2.09. The summed E-state index contributed by atoms with van der Waals surface area (Å²) in [5.41, 5.74) is 0. The molecule has 0 spiro atoms. The fourth-order valence-electron chi connectivity index (χ4n) is 1.17. The third-order valence-corrected chi connectivity index (χ3v) is 1.88. The maximum absolute atomic E-state index is 5.49. The Labute approximate surface area is 99.1 Å². The Hall–Kier alpha value is -0.640. The van der Waals surface area contributed by atoms with Crippen LogP contribution in [0.15, 0.2) is 25.3 Å². The highest BCUT2D eigenvalue weighted by Crippen LogP contribution is 2.01. The molecule has 0 aromatic heterocycles. The minimum atomic E-state index is 0.284. The highest BCUT2D eigenvalue weighted by atomic mass is 16.5. The van der Waals surface area contributed by atoms with Gasteiger partial charge in [0.25, 0.3) is 0 Å². The first-order chi connectivity index (χ1) is 7.85. The van der Waals surface area contributed by atoms with Crippen molar-refractivity contribution in [3.8, 4) is 0 Å². The average molecular weight is 228 g/mol. The zero-order valence-electron chi connectivity index (χ0n) is 10.3. The van der Waals surface area contributed by atoms with E-state index in [0.717, 1.165) is 13.0 Å². The van der Waals surface area contributed by atoms with Crippen LogP contribution in [0.5, 0.6) is 0 Å². The first kappa shape index (κ1) is 15.4. The Balaban J connectivity index is 3.65. The Kier molecular flexibility index (Phi) is 11.9. The molecule has 0 N–H and O–H groups in total. The quantitative estimate of drug-likeness (QED) is 0.379. The van der Waals surface area contributed by atoms with Gasteiger partial charge in [0.2, 0.25) is 0 Å². The molecule has 0 amide bonds. The molecule has 0 heterocycles. The van der Waals surface area contributed by atoms with Gasteiger partial charge in [-0.2, -0.15) is 0 Å². The molecule has 16 heavy (non-hydrogen) atoms. The molecule has 0 aromatic rings. The first-order valence-electron chi connectivity index (χ1n) is 5.80. The molecule has 0 unspecified atom stereocenters. The summed E-state index contributed by atoms with van der Waals surface area (Å²) >= 11 is 0. The monoisotopic (exact) mass is 228 g/mol. The van der Waals surface area contributed by atoms with Crippen molar-refractivity contribution in [2.24, 2.45) is 5.92 Å². The minimum Gasteiger partial charge on any atom is -0.381 e. The predicted octanol–water partition coefficient (Wildman–Crippen LogP) is 2.43. The van der Waals surface area contributed by atoms with Gasteiger partial charge in [0.05, 0.1) is 33.0 Å². The molecule has 3 nitrogen and oxygen atoms in total. The minimum absolute atomic E-state index is 0.284. The van der Waals surface area contributed by atoms with Gasteiger partial charge in [-0.1, -0.05) is 19.1 Å². The second-order valence-electron chi connectivity index (χ2n) is 3.59. The zero-order chi connectivity index (χ0) is 12.1. The zero-order valence-corrected chi connectivity index (χ0v) is 10.3. The van der Waals surface area contributed by atoms with Crippen LogP contribution in [0.3, 0.4) is 0 Å². The van der Waals surface area contributed by atoms with Crippen LogP contribution in [-0.4, -0.2) is 39.6 Å². The molecule has 0 bridgehead atoms. The summed E-state index contributed by atoms with van der Waals surface area (Å²) in [4.78, 5) is 0. The van der Waals surface area contributed by atoms with Gasteiger partial charge in [-0.25, -0.2) is 0 Å². The van der Waals surface area contributed by atoms with E-state index < -0.39 is 0 Å². The number of ether oxygens (including phenoxy) is 3. The lowest BCUT2D eigenvalue weighted by Crippen LogP contribution is -2.22. The fraction of sp³-hybridized carbons (Fsp3) is 0.692. The summed E-state index contributed by atoms with van der Waals surface area (Å²) in [5.74, 6) is 0.284. The number of rotatable bonds is 12. The Bertz CT molecular complexity index is 155. The normalized spacial score (nSPS) is 10.6. The second-order valence-corrected chi connectivity index (χ2v) is 3.59. The molecular weight excluding hydrogens is 204 g/mol. The molecule has 0 aliphatic carbocycles. The lowest BCUT2D eigenvalue weighted by Gasteiger charge is -2.16. The van der Waals surface area contributed by atoms with E-state index in [2.05, 4.69) is 20.1 Å². The third kappa shape index (κ3) is 9.90. The van der Waals surface area contributed by atoms with E-state index in [4.69, 9.17) is 14.2 Å². The molecule has 0 fully saturated rings. The van der Waals surface area contributed by atoms with Crippen LogP contribution in [0.25, 0.3) is 0 Å². The van der Waals surface area contributed by atoms with E-state index >= 15 is 0 Å². The van der Waals surface area contributed by atoms with Crippen LogP contribution < -0.4 is 0 Å². The molecule has 0 aliphatic heterocycles. The number of hydrogen-bond acceptors (Lipinski definition) is 3. The smallest absolute Gasteiger partial charge is 0.0645 e. The number of hydrogen-bond donors (Lipinski definition) is 0. The van der Waals surface area contributed by atoms with Gasteiger partial charge in [0, 0.05) is 12.5 Å². The SMILES string of the molecule is C=CCOCC(COCC=C)COCCC. The van der Waals surface area contributed by atoms with Crippen LogP contribution in [-0.2, 0) is 14.2 Å². The molecule has 0 aromatic carbocycles. The summed E-state index contributed by atoms with van der Waals surface area (Å²) in [6.45, 7) is 13.2. The van der Waals surface area contributed by atoms with E-state index in [-0.39, 0.29) is 5.92 Å². The predicted molar refractivity (Wildman–Crippen MR) is 66.6 cm³/mol. The van der Waals surface area contributed by atoms with Crippen molar-refractivity contribution in [2.75, 3.05) is 39.6 Å². The van der Waals surface area contributed by atoms with Crippen LogP contribution in [0.4, 0.5) is 0 Å². The Morgan fingerprint density at radius 3 is 1.88 bits per heavy atom. The van der Waals surface area contributed by atoms with E-state index in [0.29, 0.717) is 33.0 Å². The fourth-order valence-corrected chi connectivity index (χ4v) is 1.17. The van der Waals surface area contributed by atoms with Crippen molar-refractivity contribution in [2.45, 2.75) is 13.3 Å². The molecule has 3 heteroatoms. The van der Waals surface area contributed by atoms with Crippen molar-refractivity contribution in [3.63, 3.8) is 0 Å². The lowest BCUT2D eigenvalue weighted by atomic mass is 10.2. The second kappa shape index (κ2) is 12.4. The van der Waals surface area contributed by atoms with Crippen molar-refractivity contribution in [1.29, 1.82) is 0 Å². The molecule has 0 radical (unpaired) electrons. The van der Waals surface area contributed by atoms with Crippen molar-refractivity contribution in [3.05, 3.63) is 25.3 Å². The maximum atomic E-state index is 5.49. The molecular formula is C13H24O3. The van der Waals surface area contributed by atoms with E-state index in [1.165, 1.54) is 0 Å². The van der Waals surface area contributed by atoms with Crippen LogP contribution in [0, 0.1) is 5.92 Å². The van der Waals surface area contributed by atoms with E-state index in [9.17, 15) is 0 Å². The topological polar surface area (TPSA) is 27.7 Å². The molecule has 0 atom stereocenters. The van der Waals surface area contributed by atoms with Crippen LogP contribution >= 0.6 is 0 Å². The van der Waals surface area contributed by atoms with Gasteiger partial charge in [-0.05, 0) is 6.42 Å². The molecule has 0 rings (SSSR count). The van der Waals surface area contributed by atoms with Crippen molar-refractivity contribution < 1.29 is 14.2 Å². The molecule has 0 aliphatic rings. The van der Waals surface area contributed by atoms with Crippen molar-refractivity contribution >= 4 is 0 Å². The summed E-state index contributed by atoms with van der Waals surface area (Å²) in [7, 11) is 0. The van der Waals surface area contributed by atoms with Crippen LogP contribution in [0.1, 0.15) is 13.3 Å². The summed E-state index contributed by atoms with van der Waals surface area (Å²) < 4.78 is 16.3. The molecule has 0 saturated carbocycles. The summed E-state index contributed by atoms with van der Waals surface area (Å²) in [5, 5.41) is 0. The van der Waals surface area contributed by atoms with Gasteiger partial charge >= 0.3 is 0 Å². The van der Waals surface area contributed by atoms with E-state index in [1.54, 1.807) is 12.2 Å². The van der Waals surface area contributed by atoms with Gasteiger partial charge in [-0.15, -0.1) is 13.2 Å². The van der Waals surface area contributed by atoms with Gasteiger partial charge in [0.1, 0.15) is 0 Å². The lowest BCUT2D eigenvalue weighted by molar-refractivity contribution is 0.00555. The van der Waals surface area contributed by atoms with Gasteiger partial charge in [0.15, 0.2) is 0 Å². The maximum Gasteiger partial charge on any atom is 0.0645 e. The standard InChI is InChI=1S/C13H24O3/c1-4-7-14-10-13(11-15-8-5-2)12-16-9-6-3/h4-5,13H,1-2,6-12H2,3H3. The summed E-state index contributed by atoms with van der Waals surface area (Å²) in [6, 6.07) is 0. The highest BCUT2D eigenvalue weighted by molar-refractivity contribution is 4.67. The Morgan fingerprint density at radius 2 is 1.44 bits per heavy atom. The average Bonchev–Trinajstić information content (AvgIpc) is 2.29. The molecule has 94 valence electrons. The molecule has 0 saturated heterocycles. The largest absolute Gasteiger partial charge is 0.381 e. The summed E-state index contributed by atoms with van der Waals surface area (Å²) in [6.07, 6.45) is 4.52. The third-order valence-electron chi connectivity index (χ3n) is 1.88.